The monoisotopic (exact) mass is 271 g/mol. The summed E-state index contributed by atoms with van der Waals surface area (Å²) >= 11 is 5.85. The summed E-state index contributed by atoms with van der Waals surface area (Å²) in [7, 11) is -1.57. The second kappa shape index (κ2) is 6.23. The molecule has 1 aromatic carbocycles. The molecule has 0 saturated heterocycles. The van der Waals surface area contributed by atoms with Crippen LogP contribution in [0.1, 0.15) is 0 Å². The Labute approximate surface area is 106 Å². The number of hydrogen-bond acceptors (Lipinski definition) is 4. The van der Waals surface area contributed by atoms with Crippen LogP contribution < -0.4 is 11.1 Å². The average molecular weight is 272 g/mol. The van der Waals surface area contributed by atoms with E-state index in [2.05, 4.69) is 5.32 Å². The molecule has 0 aliphatic heterocycles. The van der Waals surface area contributed by atoms with E-state index in [9.17, 15) is 9.00 Å². The molecule has 0 saturated carbocycles. The Bertz CT molecular complexity index is 499. The molecule has 0 bridgehead atoms. The number of nitrogens with two attached hydrogens (primary N) is 1. The van der Waals surface area contributed by atoms with Crippen molar-refractivity contribution < 1.29 is 9.00 Å². The van der Waals surface area contributed by atoms with Crippen LogP contribution in [0.2, 0.25) is 5.02 Å². The molecular weight excluding hydrogens is 262 g/mol. The van der Waals surface area contributed by atoms with Crippen LogP contribution in [0.25, 0.3) is 0 Å². The molecule has 90 valence electrons. The van der Waals surface area contributed by atoms with Crippen LogP contribution in [0.4, 0.5) is 5.69 Å². The van der Waals surface area contributed by atoms with Crippen LogP contribution in [0.15, 0.2) is 23.1 Å². The molecular formula is C10H10ClN3O2S. The smallest absolute Gasteiger partial charge is 0.233 e. The first-order valence-electron chi connectivity index (χ1n) is 4.61. The molecule has 0 spiro atoms. The number of nitrogens with one attached hydrogen (secondary N) is 1. The number of nitrogen functional groups attached to an aromatic ring is 1. The van der Waals surface area contributed by atoms with Gasteiger partial charge < -0.3 is 11.1 Å². The van der Waals surface area contributed by atoms with Crippen molar-refractivity contribution in [3.8, 4) is 6.07 Å². The van der Waals surface area contributed by atoms with Crippen molar-refractivity contribution in [3.63, 3.8) is 0 Å². The molecule has 1 aromatic rings. The summed E-state index contributed by atoms with van der Waals surface area (Å²) < 4.78 is 11.8. The van der Waals surface area contributed by atoms with Gasteiger partial charge in [-0.05, 0) is 18.2 Å². The largest absolute Gasteiger partial charge is 0.399 e. The van der Waals surface area contributed by atoms with Crippen LogP contribution >= 0.6 is 11.6 Å². The quantitative estimate of drug-likeness (QED) is 0.621. The van der Waals surface area contributed by atoms with Gasteiger partial charge in [0, 0.05) is 5.69 Å². The fraction of sp³-hybridized carbons (Fsp3) is 0.200. The zero-order valence-corrected chi connectivity index (χ0v) is 10.3. The molecule has 1 atom stereocenters. The van der Waals surface area contributed by atoms with E-state index >= 15 is 0 Å². The van der Waals surface area contributed by atoms with E-state index < -0.39 is 16.7 Å². The van der Waals surface area contributed by atoms with Gasteiger partial charge in [0.15, 0.2) is 0 Å². The first kappa shape index (κ1) is 13.5. The number of nitrogens with zero attached hydrogens (tertiary/aromatic N) is 1. The molecule has 1 unspecified atom stereocenters. The number of halogens is 1. The standard InChI is InChI=1S/C10H10ClN3O2S/c11-8-2-1-7(13)5-9(8)17(16)6-10(15)14-4-3-12/h1-2,5H,4,6,13H2,(H,14,15). The van der Waals surface area contributed by atoms with E-state index in [1.54, 1.807) is 12.1 Å². The molecule has 0 aromatic heterocycles. The Morgan fingerprint density at radius 3 is 2.94 bits per heavy atom. The van der Waals surface area contributed by atoms with Crippen LogP contribution in [0.3, 0.4) is 0 Å². The van der Waals surface area contributed by atoms with E-state index in [0.717, 1.165) is 0 Å². The van der Waals surface area contributed by atoms with Gasteiger partial charge in [-0.3, -0.25) is 9.00 Å². The van der Waals surface area contributed by atoms with Gasteiger partial charge in [0.1, 0.15) is 12.3 Å². The Morgan fingerprint density at radius 1 is 1.59 bits per heavy atom. The number of hydrogen-bond donors (Lipinski definition) is 2. The molecule has 1 rings (SSSR count). The molecule has 0 fully saturated rings. The van der Waals surface area contributed by atoms with Gasteiger partial charge in [-0.2, -0.15) is 5.26 Å². The lowest BCUT2D eigenvalue weighted by molar-refractivity contribution is -0.118. The number of carbonyl (C=O) groups excluding carboxylic acids is 1. The SMILES string of the molecule is N#CCNC(=O)CS(=O)c1cc(N)ccc1Cl. The predicted octanol–water partition coefficient (Wildman–Crippen LogP) is 0.670. The van der Waals surface area contributed by atoms with Crippen LogP contribution in [-0.2, 0) is 15.6 Å². The summed E-state index contributed by atoms with van der Waals surface area (Å²) in [6.07, 6.45) is 0. The summed E-state index contributed by atoms with van der Waals surface area (Å²) in [6.45, 7) is -0.110. The van der Waals surface area contributed by atoms with Crippen molar-refractivity contribution in [3.05, 3.63) is 23.2 Å². The fourth-order valence-corrected chi connectivity index (χ4v) is 2.50. The molecule has 0 aliphatic rings. The average Bonchev–Trinajstić information content (AvgIpc) is 2.29. The summed E-state index contributed by atoms with van der Waals surface area (Å²) in [5.74, 6) is -0.714. The molecule has 1 amide bonds. The lowest BCUT2D eigenvalue weighted by Crippen LogP contribution is -2.28. The lowest BCUT2D eigenvalue weighted by Gasteiger charge is -2.05. The fourth-order valence-electron chi connectivity index (χ4n) is 1.08. The first-order chi connectivity index (χ1) is 8.04. The minimum absolute atomic E-state index is 0.110. The van der Waals surface area contributed by atoms with Crippen molar-refractivity contribution in [2.24, 2.45) is 0 Å². The third-order valence-corrected chi connectivity index (χ3v) is 3.62. The molecule has 0 aliphatic carbocycles. The highest BCUT2D eigenvalue weighted by molar-refractivity contribution is 7.85. The van der Waals surface area contributed by atoms with E-state index in [1.807, 2.05) is 0 Å². The Morgan fingerprint density at radius 2 is 2.29 bits per heavy atom. The van der Waals surface area contributed by atoms with Crippen molar-refractivity contribution in [2.75, 3.05) is 18.0 Å². The molecule has 17 heavy (non-hydrogen) atoms. The number of carbonyl (C=O) groups is 1. The highest BCUT2D eigenvalue weighted by Crippen LogP contribution is 2.22. The normalized spacial score (nSPS) is 11.5. The van der Waals surface area contributed by atoms with Crippen LogP contribution in [0.5, 0.6) is 0 Å². The van der Waals surface area contributed by atoms with E-state index in [-0.39, 0.29) is 12.3 Å². The third kappa shape index (κ3) is 4.06. The summed E-state index contributed by atoms with van der Waals surface area (Å²) in [5, 5.41) is 10.9. The van der Waals surface area contributed by atoms with Gasteiger partial charge in [0.2, 0.25) is 5.91 Å². The Balaban J connectivity index is 2.73. The zero-order valence-electron chi connectivity index (χ0n) is 8.77. The molecule has 3 N–H and O–H groups in total. The minimum atomic E-state index is -1.57. The second-order valence-electron chi connectivity index (χ2n) is 3.11. The topological polar surface area (TPSA) is 96.0 Å². The highest BCUT2D eigenvalue weighted by atomic mass is 35.5. The molecule has 0 radical (unpaired) electrons. The van der Waals surface area contributed by atoms with Crippen molar-refractivity contribution in [1.29, 1.82) is 5.26 Å². The molecule has 5 nitrogen and oxygen atoms in total. The highest BCUT2D eigenvalue weighted by Gasteiger charge is 2.13. The molecule has 0 heterocycles. The maximum absolute atomic E-state index is 11.8. The predicted molar refractivity (Wildman–Crippen MR) is 65.8 cm³/mol. The zero-order chi connectivity index (χ0) is 12.8. The summed E-state index contributed by atoms with van der Waals surface area (Å²) in [6, 6.07) is 6.33. The Kier molecular flexibility index (Phi) is 4.94. The van der Waals surface area contributed by atoms with E-state index in [4.69, 9.17) is 22.6 Å². The van der Waals surface area contributed by atoms with Crippen molar-refractivity contribution in [2.45, 2.75) is 4.90 Å². The van der Waals surface area contributed by atoms with E-state index in [0.29, 0.717) is 15.6 Å². The second-order valence-corrected chi connectivity index (χ2v) is 4.94. The van der Waals surface area contributed by atoms with Crippen molar-refractivity contribution in [1.82, 2.24) is 5.32 Å². The maximum Gasteiger partial charge on any atom is 0.233 e. The number of benzene rings is 1. The van der Waals surface area contributed by atoms with Gasteiger partial charge in [-0.1, -0.05) is 11.6 Å². The third-order valence-electron chi connectivity index (χ3n) is 1.83. The number of amides is 1. The minimum Gasteiger partial charge on any atom is -0.399 e. The number of rotatable bonds is 4. The molecule has 7 heteroatoms. The van der Waals surface area contributed by atoms with Crippen molar-refractivity contribution >= 4 is 34.0 Å². The van der Waals surface area contributed by atoms with Crippen LogP contribution in [-0.4, -0.2) is 22.4 Å². The summed E-state index contributed by atoms with van der Waals surface area (Å²) in [4.78, 5) is 11.6. The number of nitriles is 1. The van der Waals surface area contributed by atoms with Gasteiger partial charge in [0.25, 0.3) is 0 Å². The lowest BCUT2D eigenvalue weighted by atomic mass is 10.3. The summed E-state index contributed by atoms with van der Waals surface area (Å²) in [5.41, 5.74) is 5.97. The van der Waals surface area contributed by atoms with Gasteiger partial charge >= 0.3 is 0 Å². The van der Waals surface area contributed by atoms with Gasteiger partial charge in [0.05, 0.1) is 26.8 Å². The van der Waals surface area contributed by atoms with Crippen LogP contribution in [0, 0.1) is 11.3 Å². The van der Waals surface area contributed by atoms with Gasteiger partial charge in [-0.25, -0.2) is 0 Å². The van der Waals surface area contributed by atoms with Gasteiger partial charge in [-0.15, -0.1) is 0 Å². The Hall–Kier alpha value is -1.58. The maximum atomic E-state index is 11.8. The number of anilines is 1. The van der Waals surface area contributed by atoms with E-state index in [1.165, 1.54) is 12.1 Å². The first-order valence-corrected chi connectivity index (χ1v) is 6.31.